The number of guanidine groups is 1. The maximum absolute atomic E-state index is 11.9. The number of morpholine rings is 1. The normalized spacial score (nSPS) is 20.9. The van der Waals surface area contributed by atoms with Gasteiger partial charge in [-0.15, -0.1) is 24.0 Å². The number of ether oxygens (including phenoxy) is 2. The molecule has 0 saturated carbocycles. The van der Waals surface area contributed by atoms with Crippen LogP contribution in [0, 0.1) is 11.8 Å². The van der Waals surface area contributed by atoms with E-state index in [0.29, 0.717) is 18.6 Å². The lowest BCUT2D eigenvalue weighted by atomic mass is 9.97. The molecule has 7 nitrogen and oxygen atoms in total. The van der Waals surface area contributed by atoms with E-state index in [4.69, 9.17) is 9.47 Å². The third-order valence-corrected chi connectivity index (χ3v) is 5.38. The van der Waals surface area contributed by atoms with Crippen molar-refractivity contribution in [2.75, 3.05) is 59.6 Å². The Balaban J connectivity index is 0.00000364. The Kier molecular flexibility index (Phi) is 11.6. The van der Waals surface area contributed by atoms with Crippen LogP contribution in [0.25, 0.3) is 0 Å². The predicted molar refractivity (Wildman–Crippen MR) is 119 cm³/mol. The standard InChI is InChI=1S/C19H36N4O3.HI/c1-5-26-18(24)16-6-8-23(9-7-16)19(20-4)21-14-17(15(2)3)22-10-12-25-13-11-22;/h15-17H,5-14H2,1-4H3,(H,20,21);1H. The van der Waals surface area contributed by atoms with Crippen molar-refractivity contribution in [3.63, 3.8) is 0 Å². The summed E-state index contributed by atoms with van der Waals surface area (Å²) in [6.45, 7) is 13.0. The molecule has 0 aromatic carbocycles. The third kappa shape index (κ3) is 7.38. The van der Waals surface area contributed by atoms with Crippen molar-refractivity contribution in [3.05, 3.63) is 0 Å². The molecule has 1 N–H and O–H groups in total. The molecule has 1 unspecified atom stereocenters. The number of aliphatic imine (C=N–C) groups is 1. The fourth-order valence-electron chi connectivity index (χ4n) is 3.81. The molecule has 1 atom stereocenters. The summed E-state index contributed by atoms with van der Waals surface area (Å²) in [5, 5.41) is 3.56. The second kappa shape index (κ2) is 12.8. The number of piperidine rings is 1. The van der Waals surface area contributed by atoms with Gasteiger partial charge in [0.1, 0.15) is 0 Å². The zero-order valence-electron chi connectivity index (χ0n) is 17.3. The maximum Gasteiger partial charge on any atom is 0.309 e. The van der Waals surface area contributed by atoms with E-state index in [0.717, 1.165) is 64.7 Å². The van der Waals surface area contributed by atoms with Gasteiger partial charge in [-0.25, -0.2) is 0 Å². The molecule has 158 valence electrons. The number of rotatable bonds is 6. The van der Waals surface area contributed by atoms with E-state index in [2.05, 4.69) is 34.0 Å². The molecule has 2 saturated heterocycles. The van der Waals surface area contributed by atoms with Crippen LogP contribution in [0.4, 0.5) is 0 Å². The van der Waals surface area contributed by atoms with Gasteiger partial charge in [0.2, 0.25) is 0 Å². The molecule has 2 aliphatic heterocycles. The van der Waals surface area contributed by atoms with Crippen LogP contribution in [0.3, 0.4) is 0 Å². The highest BCUT2D eigenvalue weighted by Gasteiger charge is 2.28. The summed E-state index contributed by atoms with van der Waals surface area (Å²) in [6.07, 6.45) is 1.66. The lowest BCUT2D eigenvalue weighted by Gasteiger charge is -2.38. The Morgan fingerprint density at radius 1 is 1.22 bits per heavy atom. The molecule has 0 aromatic heterocycles. The van der Waals surface area contributed by atoms with Gasteiger partial charge in [0.05, 0.1) is 25.7 Å². The molecule has 0 radical (unpaired) electrons. The number of nitrogens with one attached hydrogen (secondary N) is 1. The molecule has 0 aliphatic carbocycles. The molecule has 2 heterocycles. The molecule has 2 rings (SSSR count). The van der Waals surface area contributed by atoms with E-state index in [1.165, 1.54) is 0 Å². The highest BCUT2D eigenvalue weighted by atomic mass is 127. The minimum Gasteiger partial charge on any atom is -0.466 e. The van der Waals surface area contributed by atoms with Crippen LogP contribution in [0.15, 0.2) is 4.99 Å². The largest absolute Gasteiger partial charge is 0.466 e. The van der Waals surface area contributed by atoms with Gasteiger partial charge in [0.25, 0.3) is 0 Å². The SMILES string of the molecule is CCOC(=O)C1CCN(C(=NC)NCC(C(C)C)N2CCOCC2)CC1.I. The Morgan fingerprint density at radius 2 is 1.85 bits per heavy atom. The molecule has 8 heteroatoms. The second-order valence-corrected chi connectivity index (χ2v) is 7.40. The van der Waals surface area contributed by atoms with Gasteiger partial charge in [-0.3, -0.25) is 14.7 Å². The van der Waals surface area contributed by atoms with Crippen LogP contribution in [-0.4, -0.2) is 87.4 Å². The van der Waals surface area contributed by atoms with Gasteiger partial charge >= 0.3 is 5.97 Å². The van der Waals surface area contributed by atoms with Gasteiger partial charge in [0, 0.05) is 45.8 Å². The Morgan fingerprint density at radius 3 is 2.37 bits per heavy atom. The van der Waals surface area contributed by atoms with Gasteiger partial charge in [0.15, 0.2) is 5.96 Å². The predicted octanol–water partition coefficient (Wildman–Crippen LogP) is 1.81. The Labute approximate surface area is 181 Å². The summed E-state index contributed by atoms with van der Waals surface area (Å²) < 4.78 is 10.6. The van der Waals surface area contributed by atoms with Gasteiger partial charge in [-0.1, -0.05) is 13.8 Å². The van der Waals surface area contributed by atoms with Crippen LogP contribution >= 0.6 is 24.0 Å². The monoisotopic (exact) mass is 496 g/mol. The van der Waals surface area contributed by atoms with Crippen molar-refractivity contribution in [1.82, 2.24) is 15.1 Å². The number of halogens is 1. The van der Waals surface area contributed by atoms with E-state index in [1.807, 2.05) is 14.0 Å². The zero-order chi connectivity index (χ0) is 18.9. The first kappa shape index (κ1) is 24.4. The van der Waals surface area contributed by atoms with Crippen LogP contribution in [0.2, 0.25) is 0 Å². The van der Waals surface area contributed by atoms with Crippen molar-refractivity contribution in [1.29, 1.82) is 0 Å². The quantitative estimate of drug-likeness (QED) is 0.262. The average molecular weight is 496 g/mol. The number of carbonyl (C=O) groups excluding carboxylic acids is 1. The van der Waals surface area contributed by atoms with Crippen LogP contribution < -0.4 is 5.32 Å². The van der Waals surface area contributed by atoms with E-state index >= 15 is 0 Å². The number of esters is 1. The van der Waals surface area contributed by atoms with Gasteiger partial charge in [-0.05, 0) is 25.7 Å². The third-order valence-electron chi connectivity index (χ3n) is 5.38. The Hall–Kier alpha value is -0.610. The van der Waals surface area contributed by atoms with Gasteiger partial charge in [-0.2, -0.15) is 0 Å². The van der Waals surface area contributed by atoms with E-state index in [-0.39, 0.29) is 35.9 Å². The molecule has 27 heavy (non-hydrogen) atoms. The van der Waals surface area contributed by atoms with Crippen molar-refractivity contribution in [2.24, 2.45) is 16.8 Å². The first-order chi connectivity index (χ1) is 12.6. The molecule has 0 bridgehead atoms. The molecule has 0 amide bonds. The first-order valence-corrected chi connectivity index (χ1v) is 10.0. The summed E-state index contributed by atoms with van der Waals surface area (Å²) in [4.78, 5) is 21.1. The molecule has 2 fully saturated rings. The topological polar surface area (TPSA) is 66.4 Å². The number of nitrogens with zero attached hydrogens (tertiary/aromatic N) is 3. The summed E-state index contributed by atoms with van der Waals surface area (Å²) >= 11 is 0. The summed E-state index contributed by atoms with van der Waals surface area (Å²) in [6, 6.07) is 0.465. The number of carbonyl (C=O) groups is 1. The molecular formula is C19H37IN4O3. The van der Waals surface area contributed by atoms with E-state index in [9.17, 15) is 4.79 Å². The minimum absolute atomic E-state index is 0. The highest BCUT2D eigenvalue weighted by Crippen LogP contribution is 2.19. The average Bonchev–Trinajstić information content (AvgIpc) is 2.66. The number of hydrogen-bond donors (Lipinski definition) is 1. The zero-order valence-corrected chi connectivity index (χ0v) is 19.6. The van der Waals surface area contributed by atoms with Crippen molar-refractivity contribution in [2.45, 2.75) is 39.7 Å². The van der Waals surface area contributed by atoms with Crippen LogP contribution in [-0.2, 0) is 14.3 Å². The highest BCUT2D eigenvalue weighted by molar-refractivity contribution is 14.0. The summed E-state index contributed by atoms with van der Waals surface area (Å²) in [7, 11) is 1.83. The van der Waals surface area contributed by atoms with Crippen LogP contribution in [0.1, 0.15) is 33.6 Å². The summed E-state index contributed by atoms with van der Waals surface area (Å²) in [5.41, 5.74) is 0. The summed E-state index contributed by atoms with van der Waals surface area (Å²) in [5.74, 6) is 1.47. The second-order valence-electron chi connectivity index (χ2n) is 7.40. The van der Waals surface area contributed by atoms with Gasteiger partial charge < -0.3 is 19.7 Å². The van der Waals surface area contributed by atoms with Crippen molar-refractivity contribution >= 4 is 35.9 Å². The van der Waals surface area contributed by atoms with E-state index < -0.39 is 0 Å². The van der Waals surface area contributed by atoms with Crippen molar-refractivity contribution < 1.29 is 14.3 Å². The first-order valence-electron chi connectivity index (χ1n) is 10.0. The minimum atomic E-state index is -0.0534. The van der Waals surface area contributed by atoms with Crippen LogP contribution in [0.5, 0.6) is 0 Å². The lowest BCUT2D eigenvalue weighted by molar-refractivity contribution is -0.149. The Bertz CT molecular complexity index is 462. The fourth-order valence-corrected chi connectivity index (χ4v) is 3.81. The molecule has 0 spiro atoms. The lowest BCUT2D eigenvalue weighted by Crippen LogP contribution is -2.54. The molecule has 0 aromatic rings. The smallest absolute Gasteiger partial charge is 0.309 e. The van der Waals surface area contributed by atoms with E-state index in [1.54, 1.807) is 0 Å². The van der Waals surface area contributed by atoms with Crippen molar-refractivity contribution in [3.8, 4) is 0 Å². The number of hydrogen-bond acceptors (Lipinski definition) is 5. The molecular weight excluding hydrogens is 459 g/mol. The molecule has 2 aliphatic rings. The number of likely N-dealkylation sites (tertiary alicyclic amines) is 1. The maximum atomic E-state index is 11.9. The fraction of sp³-hybridized carbons (Fsp3) is 0.895.